The van der Waals surface area contributed by atoms with Gasteiger partial charge in [-0.2, -0.15) is 5.10 Å². The van der Waals surface area contributed by atoms with Crippen LogP contribution in [0.1, 0.15) is 22.5 Å². The van der Waals surface area contributed by atoms with Crippen molar-refractivity contribution >= 4 is 5.91 Å². The van der Waals surface area contributed by atoms with Crippen LogP contribution in [0, 0.1) is 0 Å². The number of methoxy groups -OCH3 is 3. The van der Waals surface area contributed by atoms with Crippen molar-refractivity contribution in [2.75, 3.05) is 27.9 Å². The Labute approximate surface area is 145 Å². The largest absolute Gasteiger partial charge is 0.493 e. The Morgan fingerprint density at radius 3 is 2.52 bits per heavy atom. The number of ether oxygens (including phenoxy) is 4. The molecule has 1 aromatic heterocycles. The number of carbonyl (C=O) groups is 1. The second-order valence-electron chi connectivity index (χ2n) is 5.51. The second kappa shape index (κ2) is 7.33. The summed E-state index contributed by atoms with van der Waals surface area (Å²) >= 11 is 0. The highest BCUT2D eigenvalue weighted by Crippen LogP contribution is 2.38. The van der Waals surface area contributed by atoms with Crippen molar-refractivity contribution in [2.24, 2.45) is 0 Å². The number of amides is 1. The molecule has 25 heavy (non-hydrogen) atoms. The zero-order valence-electron chi connectivity index (χ0n) is 14.5. The third-order valence-electron chi connectivity index (χ3n) is 3.92. The molecule has 1 aromatic carbocycles. The molecule has 8 nitrogen and oxygen atoms in total. The molecule has 134 valence electrons. The highest BCUT2D eigenvalue weighted by atomic mass is 16.5. The summed E-state index contributed by atoms with van der Waals surface area (Å²) in [6, 6.07) is 5.25. The summed E-state index contributed by atoms with van der Waals surface area (Å²) in [5.41, 5.74) is 1.16. The van der Waals surface area contributed by atoms with Gasteiger partial charge in [0.15, 0.2) is 17.2 Å². The monoisotopic (exact) mass is 347 g/mol. The minimum absolute atomic E-state index is 0.265. The minimum Gasteiger partial charge on any atom is -0.493 e. The molecule has 0 atom stereocenters. The van der Waals surface area contributed by atoms with Gasteiger partial charge in [0.2, 0.25) is 11.6 Å². The average molecular weight is 347 g/mol. The first kappa shape index (κ1) is 16.9. The SMILES string of the molecule is COc1cc(CNC(=O)c2cc3n(n2)CCCO3)cc(OC)c1OC. The summed E-state index contributed by atoms with van der Waals surface area (Å²) in [6.07, 6.45) is 0.890. The summed E-state index contributed by atoms with van der Waals surface area (Å²) in [4.78, 5) is 12.3. The van der Waals surface area contributed by atoms with E-state index in [2.05, 4.69) is 10.4 Å². The maximum absolute atomic E-state index is 12.3. The van der Waals surface area contributed by atoms with E-state index in [1.807, 2.05) is 0 Å². The van der Waals surface area contributed by atoms with Gasteiger partial charge in [0, 0.05) is 25.6 Å². The lowest BCUT2D eigenvalue weighted by molar-refractivity contribution is 0.0945. The van der Waals surface area contributed by atoms with Crippen molar-refractivity contribution < 1.29 is 23.7 Å². The number of nitrogens with zero attached hydrogens (tertiary/aromatic N) is 2. The van der Waals surface area contributed by atoms with E-state index in [-0.39, 0.29) is 5.91 Å². The van der Waals surface area contributed by atoms with Crippen molar-refractivity contribution in [1.82, 2.24) is 15.1 Å². The molecule has 8 heteroatoms. The first-order chi connectivity index (χ1) is 12.2. The lowest BCUT2D eigenvalue weighted by Gasteiger charge is -2.14. The molecule has 0 saturated heterocycles. The van der Waals surface area contributed by atoms with Crippen molar-refractivity contribution in [1.29, 1.82) is 0 Å². The quantitative estimate of drug-likeness (QED) is 0.855. The number of hydrogen-bond donors (Lipinski definition) is 1. The average Bonchev–Trinajstić information content (AvgIpc) is 3.09. The molecule has 0 spiro atoms. The van der Waals surface area contributed by atoms with Crippen molar-refractivity contribution in [2.45, 2.75) is 19.5 Å². The van der Waals surface area contributed by atoms with Gasteiger partial charge in [-0.05, 0) is 17.7 Å². The fourth-order valence-corrected chi connectivity index (χ4v) is 2.69. The molecule has 2 heterocycles. The number of aromatic nitrogens is 2. The van der Waals surface area contributed by atoms with Gasteiger partial charge < -0.3 is 24.3 Å². The molecule has 0 fully saturated rings. The molecule has 1 aliphatic rings. The summed E-state index contributed by atoms with van der Waals surface area (Å²) in [7, 11) is 4.65. The van der Waals surface area contributed by atoms with Crippen LogP contribution in [0.4, 0.5) is 0 Å². The number of aryl methyl sites for hydroxylation is 1. The number of fused-ring (bicyclic) bond motifs is 1. The minimum atomic E-state index is -0.265. The van der Waals surface area contributed by atoms with E-state index in [4.69, 9.17) is 18.9 Å². The highest BCUT2D eigenvalue weighted by molar-refractivity contribution is 5.92. The summed E-state index contributed by atoms with van der Waals surface area (Å²) in [5, 5.41) is 7.11. The number of benzene rings is 1. The molecule has 0 bridgehead atoms. The molecule has 3 rings (SSSR count). The van der Waals surface area contributed by atoms with E-state index in [9.17, 15) is 4.79 Å². The topological polar surface area (TPSA) is 83.8 Å². The van der Waals surface area contributed by atoms with Crippen LogP contribution in [-0.2, 0) is 13.1 Å². The van der Waals surface area contributed by atoms with Gasteiger partial charge in [0.1, 0.15) is 0 Å². The first-order valence-corrected chi connectivity index (χ1v) is 7.94. The highest BCUT2D eigenvalue weighted by Gasteiger charge is 2.18. The lowest BCUT2D eigenvalue weighted by Crippen LogP contribution is -2.23. The first-order valence-electron chi connectivity index (χ1n) is 7.94. The normalized spacial score (nSPS) is 12.8. The van der Waals surface area contributed by atoms with Gasteiger partial charge in [-0.3, -0.25) is 4.79 Å². The zero-order valence-corrected chi connectivity index (χ0v) is 14.5. The molecule has 1 amide bonds. The number of rotatable bonds is 6. The van der Waals surface area contributed by atoms with Gasteiger partial charge in [-0.25, -0.2) is 4.68 Å². The predicted molar refractivity (Wildman–Crippen MR) is 89.6 cm³/mol. The van der Waals surface area contributed by atoms with E-state index >= 15 is 0 Å². The van der Waals surface area contributed by atoms with Gasteiger partial charge in [0.25, 0.3) is 5.91 Å². The third-order valence-corrected chi connectivity index (χ3v) is 3.92. The zero-order chi connectivity index (χ0) is 17.8. The lowest BCUT2D eigenvalue weighted by atomic mass is 10.1. The molecule has 0 radical (unpaired) electrons. The molecule has 0 unspecified atom stereocenters. The van der Waals surface area contributed by atoms with Gasteiger partial charge >= 0.3 is 0 Å². The summed E-state index contributed by atoms with van der Waals surface area (Å²) in [6.45, 7) is 1.71. The van der Waals surface area contributed by atoms with E-state index < -0.39 is 0 Å². The number of carbonyl (C=O) groups excluding carboxylic acids is 1. The van der Waals surface area contributed by atoms with Crippen molar-refractivity contribution in [3.05, 3.63) is 29.5 Å². The fraction of sp³-hybridized carbons (Fsp3) is 0.412. The van der Waals surface area contributed by atoms with E-state index in [0.29, 0.717) is 42.0 Å². The Kier molecular flexibility index (Phi) is 4.97. The molecular weight excluding hydrogens is 326 g/mol. The fourth-order valence-electron chi connectivity index (χ4n) is 2.69. The molecular formula is C17H21N3O5. The van der Waals surface area contributed by atoms with Gasteiger partial charge in [0.05, 0.1) is 27.9 Å². The van der Waals surface area contributed by atoms with Crippen molar-refractivity contribution in [3.8, 4) is 23.1 Å². The Morgan fingerprint density at radius 2 is 1.92 bits per heavy atom. The van der Waals surface area contributed by atoms with E-state index in [1.165, 1.54) is 0 Å². The smallest absolute Gasteiger partial charge is 0.272 e. The molecule has 1 N–H and O–H groups in total. The molecule has 0 saturated carbocycles. The van der Waals surface area contributed by atoms with Gasteiger partial charge in [-0.1, -0.05) is 0 Å². The maximum Gasteiger partial charge on any atom is 0.272 e. The molecule has 0 aliphatic carbocycles. The van der Waals surface area contributed by atoms with Crippen LogP contribution in [-0.4, -0.2) is 43.6 Å². The van der Waals surface area contributed by atoms with Crippen LogP contribution in [0.3, 0.4) is 0 Å². The standard InChI is InChI=1S/C17H21N3O5/c1-22-13-7-11(8-14(23-2)16(13)24-3)10-18-17(21)12-9-15-20(19-12)5-4-6-25-15/h7-9H,4-6,10H2,1-3H3,(H,18,21). The maximum atomic E-state index is 12.3. The Balaban J connectivity index is 1.72. The molecule has 1 aliphatic heterocycles. The van der Waals surface area contributed by atoms with Crippen LogP contribution in [0.5, 0.6) is 23.1 Å². The number of hydrogen-bond acceptors (Lipinski definition) is 6. The van der Waals surface area contributed by atoms with Crippen LogP contribution in [0.15, 0.2) is 18.2 Å². The predicted octanol–water partition coefficient (Wildman–Crippen LogP) is 1.62. The van der Waals surface area contributed by atoms with Crippen LogP contribution >= 0.6 is 0 Å². The third kappa shape index (κ3) is 3.47. The summed E-state index contributed by atoms with van der Waals surface area (Å²) < 4.78 is 23.1. The Morgan fingerprint density at radius 1 is 1.20 bits per heavy atom. The van der Waals surface area contributed by atoms with E-state index in [0.717, 1.165) is 18.5 Å². The summed E-state index contributed by atoms with van der Waals surface area (Å²) in [5.74, 6) is 1.95. The Bertz CT molecular complexity index is 723. The number of nitrogens with one attached hydrogen (secondary N) is 1. The van der Waals surface area contributed by atoms with E-state index in [1.54, 1.807) is 44.2 Å². The van der Waals surface area contributed by atoms with Crippen LogP contribution in [0.2, 0.25) is 0 Å². The Hall–Kier alpha value is -2.90. The molecule has 2 aromatic rings. The van der Waals surface area contributed by atoms with Crippen molar-refractivity contribution in [3.63, 3.8) is 0 Å². The second-order valence-corrected chi connectivity index (χ2v) is 5.51. The van der Waals surface area contributed by atoms with Crippen LogP contribution in [0.25, 0.3) is 0 Å². The van der Waals surface area contributed by atoms with Crippen LogP contribution < -0.4 is 24.3 Å². The van der Waals surface area contributed by atoms with Gasteiger partial charge in [-0.15, -0.1) is 0 Å².